The highest BCUT2D eigenvalue weighted by Gasteiger charge is 2.22. The van der Waals surface area contributed by atoms with Crippen molar-refractivity contribution in [3.63, 3.8) is 0 Å². The molecule has 0 aromatic heterocycles. The first-order valence-corrected chi connectivity index (χ1v) is 9.08. The van der Waals surface area contributed by atoms with Gasteiger partial charge < -0.3 is 20.3 Å². The summed E-state index contributed by atoms with van der Waals surface area (Å²) in [6, 6.07) is 8.20. The highest BCUT2D eigenvalue weighted by atomic mass is 16.5. The van der Waals surface area contributed by atoms with E-state index in [1.54, 1.807) is 19.0 Å². The monoisotopic (exact) mass is 346 g/mol. The molecule has 0 radical (unpaired) electrons. The van der Waals surface area contributed by atoms with Crippen molar-refractivity contribution in [2.45, 2.75) is 38.6 Å². The first-order valence-electron chi connectivity index (χ1n) is 9.08. The fraction of sp³-hybridized carbons (Fsp3) is 0.579. The van der Waals surface area contributed by atoms with Crippen LogP contribution in [0.25, 0.3) is 0 Å². The first kappa shape index (κ1) is 19.1. The van der Waals surface area contributed by atoms with Crippen molar-refractivity contribution in [2.75, 3.05) is 33.8 Å². The molecule has 0 fully saturated rings. The minimum atomic E-state index is -0.0120. The van der Waals surface area contributed by atoms with Crippen LogP contribution in [0.1, 0.15) is 44.2 Å². The number of carbonyl (C=O) groups is 1. The lowest BCUT2D eigenvalue weighted by Gasteiger charge is -2.28. The van der Waals surface area contributed by atoms with Gasteiger partial charge in [-0.3, -0.25) is 4.79 Å². The van der Waals surface area contributed by atoms with Crippen molar-refractivity contribution in [1.29, 1.82) is 0 Å². The second-order valence-corrected chi connectivity index (χ2v) is 6.46. The van der Waals surface area contributed by atoms with E-state index in [0.29, 0.717) is 12.6 Å². The van der Waals surface area contributed by atoms with Gasteiger partial charge in [-0.25, -0.2) is 4.99 Å². The van der Waals surface area contributed by atoms with Crippen molar-refractivity contribution in [3.8, 4) is 5.75 Å². The lowest BCUT2D eigenvalue weighted by molar-refractivity contribution is -0.127. The van der Waals surface area contributed by atoms with E-state index < -0.39 is 0 Å². The summed E-state index contributed by atoms with van der Waals surface area (Å²) in [7, 11) is 3.49. The van der Waals surface area contributed by atoms with Gasteiger partial charge in [0.2, 0.25) is 5.91 Å². The average Bonchev–Trinajstić information content (AvgIpc) is 2.62. The van der Waals surface area contributed by atoms with Gasteiger partial charge in [0.15, 0.2) is 5.96 Å². The summed E-state index contributed by atoms with van der Waals surface area (Å²) in [5.41, 5.74) is 1.13. The number of ether oxygens (including phenoxy) is 1. The van der Waals surface area contributed by atoms with Gasteiger partial charge in [-0.05, 0) is 12.5 Å². The molecule has 6 nitrogen and oxygen atoms in total. The van der Waals surface area contributed by atoms with Crippen LogP contribution >= 0.6 is 0 Å². The maximum atomic E-state index is 11.9. The quantitative estimate of drug-likeness (QED) is 0.452. The molecule has 0 spiro atoms. The molecule has 0 saturated carbocycles. The van der Waals surface area contributed by atoms with Crippen molar-refractivity contribution < 1.29 is 9.53 Å². The Labute approximate surface area is 150 Å². The first-order chi connectivity index (χ1) is 12.1. The molecule has 1 aliphatic rings. The van der Waals surface area contributed by atoms with Gasteiger partial charge in [-0.1, -0.05) is 38.0 Å². The Morgan fingerprint density at radius 2 is 2.12 bits per heavy atom. The second kappa shape index (κ2) is 9.91. The Bertz CT molecular complexity index is 587. The molecule has 1 heterocycles. The third-order valence-electron chi connectivity index (χ3n) is 4.21. The SMILES string of the molecule is CCCCCNC(=NCC(=O)N(C)C)NC1CCOc2ccccc21. The van der Waals surface area contributed by atoms with Gasteiger partial charge in [-0.15, -0.1) is 0 Å². The fourth-order valence-electron chi connectivity index (χ4n) is 2.68. The van der Waals surface area contributed by atoms with E-state index in [1.165, 1.54) is 12.8 Å². The summed E-state index contributed by atoms with van der Waals surface area (Å²) >= 11 is 0. The van der Waals surface area contributed by atoms with E-state index in [-0.39, 0.29) is 18.5 Å². The largest absolute Gasteiger partial charge is 0.493 e. The number of rotatable bonds is 7. The number of nitrogens with zero attached hydrogens (tertiary/aromatic N) is 2. The summed E-state index contributed by atoms with van der Waals surface area (Å²) in [6.07, 6.45) is 4.31. The summed E-state index contributed by atoms with van der Waals surface area (Å²) in [4.78, 5) is 17.9. The van der Waals surface area contributed by atoms with Gasteiger partial charge >= 0.3 is 0 Å². The topological polar surface area (TPSA) is 66.0 Å². The zero-order valence-electron chi connectivity index (χ0n) is 15.5. The van der Waals surface area contributed by atoms with Gasteiger partial charge in [0, 0.05) is 32.6 Å². The molecule has 0 aliphatic carbocycles. The van der Waals surface area contributed by atoms with Gasteiger partial charge in [-0.2, -0.15) is 0 Å². The number of amides is 1. The number of benzene rings is 1. The maximum absolute atomic E-state index is 11.9. The number of nitrogens with one attached hydrogen (secondary N) is 2. The van der Waals surface area contributed by atoms with Crippen LogP contribution in [0.3, 0.4) is 0 Å². The zero-order valence-corrected chi connectivity index (χ0v) is 15.5. The lowest BCUT2D eigenvalue weighted by Crippen LogP contribution is -2.42. The number of unbranched alkanes of at least 4 members (excludes halogenated alkanes) is 2. The van der Waals surface area contributed by atoms with Crippen LogP contribution in [0.15, 0.2) is 29.3 Å². The van der Waals surface area contributed by atoms with Crippen molar-refractivity contribution in [2.24, 2.45) is 4.99 Å². The molecule has 138 valence electrons. The normalized spacial score (nSPS) is 16.6. The minimum Gasteiger partial charge on any atom is -0.493 e. The molecule has 1 aromatic rings. The van der Waals surface area contributed by atoms with Crippen molar-refractivity contribution in [1.82, 2.24) is 15.5 Å². The van der Waals surface area contributed by atoms with Gasteiger partial charge in [0.1, 0.15) is 12.3 Å². The Balaban J connectivity index is 2.04. The molecule has 25 heavy (non-hydrogen) atoms. The van der Waals surface area contributed by atoms with E-state index in [9.17, 15) is 4.79 Å². The molecule has 1 unspecified atom stereocenters. The third kappa shape index (κ3) is 5.96. The number of hydrogen-bond donors (Lipinski definition) is 2. The van der Waals surface area contributed by atoms with Crippen LogP contribution in [0.4, 0.5) is 0 Å². The molecule has 2 N–H and O–H groups in total. The predicted octanol–water partition coefficient (Wildman–Crippen LogP) is 2.32. The van der Waals surface area contributed by atoms with E-state index in [4.69, 9.17) is 4.74 Å². The minimum absolute atomic E-state index is 0.0120. The van der Waals surface area contributed by atoms with Crippen LogP contribution in [0.2, 0.25) is 0 Å². The summed E-state index contributed by atoms with van der Waals surface area (Å²) < 4.78 is 5.72. The molecule has 1 atom stereocenters. The molecule has 2 rings (SSSR count). The van der Waals surface area contributed by atoms with Crippen LogP contribution in [0, 0.1) is 0 Å². The highest BCUT2D eigenvalue weighted by molar-refractivity contribution is 5.85. The summed E-state index contributed by atoms with van der Waals surface area (Å²) in [5, 5.41) is 6.83. The summed E-state index contributed by atoms with van der Waals surface area (Å²) in [5.74, 6) is 1.59. The molecule has 1 aliphatic heterocycles. The number of hydrogen-bond acceptors (Lipinski definition) is 3. The fourth-order valence-corrected chi connectivity index (χ4v) is 2.68. The number of carbonyl (C=O) groups excluding carboxylic acids is 1. The molecular formula is C19H30N4O2. The summed E-state index contributed by atoms with van der Waals surface area (Å²) in [6.45, 7) is 3.85. The van der Waals surface area contributed by atoms with Crippen LogP contribution in [-0.4, -0.2) is 50.6 Å². The third-order valence-corrected chi connectivity index (χ3v) is 4.21. The van der Waals surface area contributed by atoms with Crippen LogP contribution < -0.4 is 15.4 Å². The van der Waals surface area contributed by atoms with Crippen molar-refractivity contribution in [3.05, 3.63) is 29.8 Å². The van der Waals surface area contributed by atoms with E-state index >= 15 is 0 Å². The number of aliphatic imine (C=N–C) groups is 1. The van der Waals surface area contributed by atoms with Crippen molar-refractivity contribution >= 4 is 11.9 Å². The average molecular weight is 346 g/mol. The smallest absolute Gasteiger partial charge is 0.243 e. The van der Waals surface area contributed by atoms with E-state index in [2.05, 4.69) is 28.6 Å². The maximum Gasteiger partial charge on any atom is 0.243 e. The van der Waals surface area contributed by atoms with E-state index in [0.717, 1.165) is 30.7 Å². The molecular weight excluding hydrogens is 316 g/mol. The number of likely N-dealkylation sites (N-methyl/N-ethyl adjacent to an activating group) is 1. The number of guanidine groups is 1. The standard InChI is InChI=1S/C19H30N4O2/c1-4-5-8-12-20-19(21-14-18(24)23(2)3)22-16-11-13-25-17-10-7-6-9-15(16)17/h6-7,9-10,16H,4-5,8,11-14H2,1-3H3,(H2,20,21,22). The van der Waals surface area contributed by atoms with Crippen LogP contribution in [0.5, 0.6) is 5.75 Å². The zero-order chi connectivity index (χ0) is 18.1. The van der Waals surface area contributed by atoms with Crippen LogP contribution in [-0.2, 0) is 4.79 Å². The van der Waals surface area contributed by atoms with Gasteiger partial charge in [0.25, 0.3) is 0 Å². The number of fused-ring (bicyclic) bond motifs is 1. The Kier molecular flexibility index (Phi) is 7.57. The molecule has 1 amide bonds. The molecule has 0 saturated heterocycles. The lowest BCUT2D eigenvalue weighted by atomic mass is 10.0. The highest BCUT2D eigenvalue weighted by Crippen LogP contribution is 2.31. The Morgan fingerprint density at radius 1 is 1.32 bits per heavy atom. The van der Waals surface area contributed by atoms with E-state index in [1.807, 2.05) is 18.2 Å². The Hall–Kier alpha value is -2.24. The molecule has 0 bridgehead atoms. The molecule has 1 aromatic carbocycles. The molecule has 6 heteroatoms. The second-order valence-electron chi connectivity index (χ2n) is 6.46. The predicted molar refractivity (Wildman–Crippen MR) is 101 cm³/mol. The number of para-hydroxylation sites is 1. The van der Waals surface area contributed by atoms with Gasteiger partial charge in [0.05, 0.1) is 12.6 Å². The Morgan fingerprint density at radius 3 is 2.88 bits per heavy atom.